The van der Waals surface area contributed by atoms with Gasteiger partial charge in [0.15, 0.2) is 11.6 Å². The molecule has 0 aliphatic carbocycles. The highest BCUT2D eigenvalue weighted by atomic mass is 19.1. The van der Waals surface area contributed by atoms with Gasteiger partial charge in [-0.25, -0.2) is 9.37 Å². The molecule has 0 amide bonds. The molecule has 0 spiro atoms. The number of anilines is 2. The maximum atomic E-state index is 13.9. The van der Waals surface area contributed by atoms with Gasteiger partial charge < -0.3 is 10.2 Å². The summed E-state index contributed by atoms with van der Waals surface area (Å²) < 4.78 is 13.9. The fraction of sp³-hybridized carbons (Fsp3) is 0.692. The third kappa shape index (κ3) is 2.89. The molecule has 1 aliphatic heterocycles. The quantitative estimate of drug-likeness (QED) is 0.897. The molecule has 0 bridgehead atoms. The summed E-state index contributed by atoms with van der Waals surface area (Å²) in [6.07, 6.45) is 2.45. The van der Waals surface area contributed by atoms with Gasteiger partial charge in [-0.3, -0.25) is 0 Å². The second-order valence-electron chi connectivity index (χ2n) is 5.25. The Kier molecular flexibility index (Phi) is 3.99. The van der Waals surface area contributed by atoms with E-state index in [0.29, 0.717) is 23.6 Å². The molecule has 2 atom stereocenters. The maximum Gasteiger partial charge on any atom is 0.224 e. The predicted octanol–water partition coefficient (Wildman–Crippen LogP) is 2.53. The van der Waals surface area contributed by atoms with Crippen LogP contribution in [-0.2, 0) is 0 Å². The SMILES string of the molecule is CCNc1ncc(F)c(N2CC(C)CC(C)C2)n1. The van der Waals surface area contributed by atoms with Crippen LogP contribution in [-0.4, -0.2) is 29.6 Å². The summed E-state index contributed by atoms with van der Waals surface area (Å²) >= 11 is 0. The molecule has 2 heterocycles. The van der Waals surface area contributed by atoms with Crippen molar-refractivity contribution >= 4 is 11.8 Å². The van der Waals surface area contributed by atoms with Gasteiger partial charge in [0, 0.05) is 19.6 Å². The molecule has 2 unspecified atom stereocenters. The first-order valence-electron chi connectivity index (χ1n) is 6.61. The Morgan fingerprint density at radius 3 is 2.67 bits per heavy atom. The van der Waals surface area contributed by atoms with Crippen molar-refractivity contribution in [1.82, 2.24) is 9.97 Å². The number of rotatable bonds is 3. The fourth-order valence-electron chi connectivity index (χ4n) is 2.66. The van der Waals surface area contributed by atoms with Crippen molar-refractivity contribution in [2.45, 2.75) is 27.2 Å². The van der Waals surface area contributed by atoms with E-state index in [1.807, 2.05) is 11.8 Å². The van der Waals surface area contributed by atoms with Crippen LogP contribution in [0.1, 0.15) is 27.2 Å². The van der Waals surface area contributed by atoms with E-state index in [0.717, 1.165) is 19.6 Å². The van der Waals surface area contributed by atoms with Crippen molar-refractivity contribution in [3.05, 3.63) is 12.0 Å². The molecule has 5 heteroatoms. The average Bonchev–Trinajstić information content (AvgIpc) is 2.30. The smallest absolute Gasteiger partial charge is 0.224 e. The molecular formula is C13H21FN4. The van der Waals surface area contributed by atoms with Gasteiger partial charge in [0.25, 0.3) is 0 Å². The lowest BCUT2D eigenvalue weighted by Crippen LogP contribution is -2.39. The highest BCUT2D eigenvalue weighted by Crippen LogP contribution is 2.26. The Morgan fingerprint density at radius 2 is 2.06 bits per heavy atom. The van der Waals surface area contributed by atoms with Crippen molar-refractivity contribution in [2.75, 3.05) is 29.9 Å². The van der Waals surface area contributed by atoms with Crippen LogP contribution in [0.5, 0.6) is 0 Å². The normalized spacial score (nSPS) is 24.1. The number of halogens is 1. The first-order chi connectivity index (χ1) is 8.60. The molecule has 1 aromatic rings. The Morgan fingerprint density at radius 1 is 1.39 bits per heavy atom. The molecule has 0 radical (unpaired) electrons. The molecule has 1 aliphatic rings. The van der Waals surface area contributed by atoms with Gasteiger partial charge in [0.05, 0.1) is 6.20 Å². The van der Waals surface area contributed by atoms with E-state index in [4.69, 9.17) is 0 Å². The van der Waals surface area contributed by atoms with Crippen LogP contribution in [0, 0.1) is 17.7 Å². The predicted molar refractivity (Wildman–Crippen MR) is 71.3 cm³/mol. The Labute approximate surface area is 108 Å². The lowest BCUT2D eigenvalue weighted by atomic mass is 9.92. The zero-order chi connectivity index (χ0) is 13.1. The Hall–Kier alpha value is -1.39. The number of aromatic nitrogens is 2. The lowest BCUT2D eigenvalue weighted by Gasteiger charge is -2.35. The number of hydrogen-bond donors (Lipinski definition) is 1. The molecule has 100 valence electrons. The van der Waals surface area contributed by atoms with Gasteiger partial charge in [0.1, 0.15) is 0 Å². The van der Waals surface area contributed by atoms with Crippen LogP contribution in [0.4, 0.5) is 16.2 Å². The third-order valence-corrected chi connectivity index (χ3v) is 3.23. The first kappa shape index (κ1) is 13.1. The zero-order valence-corrected chi connectivity index (χ0v) is 11.3. The monoisotopic (exact) mass is 252 g/mol. The molecule has 18 heavy (non-hydrogen) atoms. The van der Waals surface area contributed by atoms with E-state index >= 15 is 0 Å². The fourth-order valence-corrected chi connectivity index (χ4v) is 2.66. The highest BCUT2D eigenvalue weighted by molar-refractivity contribution is 5.44. The van der Waals surface area contributed by atoms with Crippen molar-refractivity contribution in [3.63, 3.8) is 0 Å². The van der Waals surface area contributed by atoms with Crippen molar-refractivity contribution in [1.29, 1.82) is 0 Å². The van der Waals surface area contributed by atoms with Gasteiger partial charge in [0.2, 0.25) is 5.95 Å². The summed E-state index contributed by atoms with van der Waals surface area (Å²) in [4.78, 5) is 10.3. The summed E-state index contributed by atoms with van der Waals surface area (Å²) in [5.41, 5.74) is 0. The van der Waals surface area contributed by atoms with Crippen LogP contribution in [0.2, 0.25) is 0 Å². The van der Waals surface area contributed by atoms with E-state index in [2.05, 4.69) is 29.1 Å². The lowest BCUT2D eigenvalue weighted by molar-refractivity contribution is 0.352. The second-order valence-corrected chi connectivity index (χ2v) is 5.25. The minimum absolute atomic E-state index is 0.335. The number of nitrogens with one attached hydrogen (secondary N) is 1. The number of nitrogens with zero attached hydrogens (tertiary/aromatic N) is 3. The summed E-state index contributed by atoms with van der Waals surface area (Å²) in [7, 11) is 0. The van der Waals surface area contributed by atoms with Gasteiger partial charge in [-0.05, 0) is 25.2 Å². The summed E-state index contributed by atoms with van der Waals surface area (Å²) in [5.74, 6) is 1.74. The van der Waals surface area contributed by atoms with Gasteiger partial charge in [-0.1, -0.05) is 13.8 Å². The molecule has 1 aromatic heterocycles. The van der Waals surface area contributed by atoms with Crippen LogP contribution in [0.15, 0.2) is 6.20 Å². The standard InChI is InChI=1S/C13H21FN4/c1-4-15-13-16-6-11(14)12(17-13)18-7-9(2)5-10(3)8-18/h6,9-10H,4-5,7-8H2,1-3H3,(H,15,16,17). The summed E-state index contributed by atoms with van der Waals surface area (Å²) in [6.45, 7) is 8.84. The van der Waals surface area contributed by atoms with Gasteiger partial charge >= 0.3 is 0 Å². The minimum atomic E-state index is -0.335. The zero-order valence-electron chi connectivity index (χ0n) is 11.3. The van der Waals surface area contributed by atoms with Crippen molar-refractivity contribution in [3.8, 4) is 0 Å². The van der Waals surface area contributed by atoms with E-state index in [-0.39, 0.29) is 5.82 Å². The topological polar surface area (TPSA) is 41.1 Å². The largest absolute Gasteiger partial charge is 0.354 e. The van der Waals surface area contributed by atoms with E-state index in [1.165, 1.54) is 12.6 Å². The average molecular weight is 252 g/mol. The van der Waals surface area contributed by atoms with Crippen LogP contribution < -0.4 is 10.2 Å². The molecule has 4 nitrogen and oxygen atoms in total. The Balaban J connectivity index is 2.22. The van der Waals surface area contributed by atoms with E-state index < -0.39 is 0 Å². The second kappa shape index (κ2) is 5.50. The molecular weight excluding hydrogens is 231 g/mol. The highest BCUT2D eigenvalue weighted by Gasteiger charge is 2.25. The first-order valence-corrected chi connectivity index (χ1v) is 6.61. The van der Waals surface area contributed by atoms with Crippen molar-refractivity contribution in [2.24, 2.45) is 11.8 Å². The minimum Gasteiger partial charge on any atom is -0.354 e. The van der Waals surface area contributed by atoms with Gasteiger partial charge in [-0.2, -0.15) is 4.98 Å². The summed E-state index contributed by atoms with van der Waals surface area (Å²) in [6, 6.07) is 0. The molecule has 0 aromatic carbocycles. The molecule has 1 fully saturated rings. The summed E-state index contributed by atoms with van der Waals surface area (Å²) in [5, 5.41) is 3.02. The molecule has 1 N–H and O–H groups in total. The Bertz CT molecular complexity index is 400. The van der Waals surface area contributed by atoms with E-state index in [1.54, 1.807) is 0 Å². The third-order valence-electron chi connectivity index (χ3n) is 3.23. The van der Waals surface area contributed by atoms with Crippen molar-refractivity contribution < 1.29 is 4.39 Å². The van der Waals surface area contributed by atoms with E-state index in [9.17, 15) is 4.39 Å². The van der Waals surface area contributed by atoms with Crippen LogP contribution in [0.3, 0.4) is 0 Å². The maximum absolute atomic E-state index is 13.9. The number of piperidine rings is 1. The molecule has 0 saturated carbocycles. The molecule has 2 rings (SSSR count). The van der Waals surface area contributed by atoms with Crippen LogP contribution >= 0.6 is 0 Å². The van der Waals surface area contributed by atoms with Crippen LogP contribution in [0.25, 0.3) is 0 Å². The number of hydrogen-bond acceptors (Lipinski definition) is 4. The van der Waals surface area contributed by atoms with Gasteiger partial charge in [-0.15, -0.1) is 0 Å². The molecule has 1 saturated heterocycles.